The number of para-hydroxylation sites is 2. The lowest BCUT2D eigenvalue weighted by Crippen LogP contribution is -2.18. The molecule has 1 amide bonds. The third kappa shape index (κ3) is 3.41. The van der Waals surface area contributed by atoms with Gasteiger partial charge in [0.05, 0.1) is 30.2 Å². The predicted molar refractivity (Wildman–Crippen MR) is 98.8 cm³/mol. The molecular weight excluding hydrogens is 400 g/mol. The summed E-state index contributed by atoms with van der Waals surface area (Å²) in [4.78, 5) is 12.6. The van der Waals surface area contributed by atoms with Crippen LogP contribution in [0.25, 0.3) is 5.69 Å². The van der Waals surface area contributed by atoms with Gasteiger partial charge in [-0.1, -0.05) is 33.3 Å². The highest BCUT2D eigenvalue weighted by atomic mass is 79.9. The SMILES string of the molecule is O=C(Cc1cc2c(cc1Br)OCCO2)Nc1ccccc1-n1ccnn1. The van der Waals surface area contributed by atoms with Crippen LogP contribution < -0.4 is 14.8 Å². The van der Waals surface area contributed by atoms with Crippen molar-refractivity contribution in [3.05, 3.63) is 58.8 Å². The summed E-state index contributed by atoms with van der Waals surface area (Å²) < 4.78 is 13.6. The maximum atomic E-state index is 12.6. The summed E-state index contributed by atoms with van der Waals surface area (Å²) in [7, 11) is 0. The van der Waals surface area contributed by atoms with E-state index in [1.54, 1.807) is 17.1 Å². The Hall–Kier alpha value is -2.87. The second kappa shape index (κ2) is 7.17. The van der Waals surface area contributed by atoms with Gasteiger partial charge in [-0.3, -0.25) is 4.79 Å². The number of hydrogen-bond acceptors (Lipinski definition) is 5. The highest BCUT2D eigenvalue weighted by Crippen LogP contribution is 2.35. The second-order valence-corrected chi connectivity index (χ2v) is 6.53. The molecule has 1 aromatic heterocycles. The summed E-state index contributed by atoms with van der Waals surface area (Å²) in [6.07, 6.45) is 3.51. The second-order valence-electron chi connectivity index (χ2n) is 5.68. The van der Waals surface area contributed by atoms with Crippen molar-refractivity contribution in [2.75, 3.05) is 18.5 Å². The summed E-state index contributed by atoms with van der Waals surface area (Å²) >= 11 is 3.50. The number of amides is 1. The van der Waals surface area contributed by atoms with Crippen molar-refractivity contribution < 1.29 is 14.3 Å². The molecule has 132 valence electrons. The molecule has 0 spiro atoms. The Morgan fingerprint density at radius 3 is 2.73 bits per heavy atom. The van der Waals surface area contributed by atoms with Crippen LogP contribution in [0.4, 0.5) is 5.69 Å². The third-order valence-electron chi connectivity index (χ3n) is 3.91. The van der Waals surface area contributed by atoms with Gasteiger partial charge in [0.1, 0.15) is 13.2 Å². The van der Waals surface area contributed by atoms with Crippen LogP contribution in [0.3, 0.4) is 0 Å². The van der Waals surface area contributed by atoms with E-state index in [4.69, 9.17) is 9.47 Å². The fourth-order valence-electron chi connectivity index (χ4n) is 2.72. The number of nitrogens with zero attached hydrogens (tertiary/aromatic N) is 3. The van der Waals surface area contributed by atoms with Crippen molar-refractivity contribution in [3.63, 3.8) is 0 Å². The van der Waals surface area contributed by atoms with Crippen molar-refractivity contribution in [2.45, 2.75) is 6.42 Å². The average Bonchev–Trinajstić information content (AvgIpc) is 3.17. The molecule has 3 aromatic rings. The Labute approximate surface area is 158 Å². The standard InChI is InChI=1S/C18H15BrN4O3/c19-13-11-17-16(25-7-8-26-17)9-12(13)10-18(24)21-14-3-1-2-4-15(14)23-6-5-20-22-23/h1-6,9,11H,7-8,10H2,(H,21,24). The Balaban J connectivity index is 1.54. The van der Waals surface area contributed by atoms with Crippen molar-refractivity contribution in [2.24, 2.45) is 0 Å². The van der Waals surface area contributed by atoms with Crippen LogP contribution in [-0.4, -0.2) is 34.1 Å². The van der Waals surface area contributed by atoms with Gasteiger partial charge in [0.2, 0.25) is 5.91 Å². The van der Waals surface area contributed by atoms with Crippen LogP contribution in [0.1, 0.15) is 5.56 Å². The Kier molecular flexibility index (Phi) is 4.57. The number of carbonyl (C=O) groups excluding carboxylic acids is 1. The maximum absolute atomic E-state index is 12.6. The van der Waals surface area contributed by atoms with Gasteiger partial charge in [0.25, 0.3) is 0 Å². The number of ether oxygens (including phenoxy) is 2. The summed E-state index contributed by atoms with van der Waals surface area (Å²) in [6.45, 7) is 1.03. The molecule has 0 fully saturated rings. The maximum Gasteiger partial charge on any atom is 0.228 e. The van der Waals surface area contributed by atoms with E-state index in [1.165, 1.54) is 0 Å². The topological polar surface area (TPSA) is 78.3 Å². The number of carbonyl (C=O) groups is 1. The molecule has 0 bridgehead atoms. The van der Waals surface area contributed by atoms with E-state index in [9.17, 15) is 4.79 Å². The Morgan fingerprint density at radius 2 is 1.96 bits per heavy atom. The molecule has 1 aliphatic heterocycles. The smallest absolute Gasteiger partial charge is 0.228 e. The summed E-state index contributed by atoms with van der Waals surface area (Å²) in [5.74, 6) is 1.20. The van der Waals surface area contributed by atoms with E-state index in [-0.39, 0.29) is 12.3 Å². The minimum atomic E-state index is -0.144. The lowest BCUT2D eigenvalue weighted by atomic mass is 10.1. The highest BCUT2D eigenvalue weighted by molar-refractivity contribution is 9.10. The zero-order valence-corrected chi connectivity index (χ0v) is 15.3. The molecule has 1 N–H and O–H groups in total. The van der Waals surface area contributed by atoms with Gasteiger partial charge >= 0.3 is 0 Å². The number of rotatable bonds is 4. The van der Waals surface area contributed by atoms with E-state index >= 15 is 0 Å². The molecule has 0 unspecified atom stereocenters. The van der Waals surface area contributed by atoms with Gasteiger partial charge in [-0.05, 0) is 29.8 Å². The number of hydrogen-bond donors (Lipinski definition) is 1. The number of fused-ring (bicyclic) bond motifs is 1. The Morgan fingerprint density at radius 1 is 1.19 bits per heavy atom. The highest BCUT2D eigenvalue weighted by Gasteiger charge is 2.17. The number of benzene rings is 2. The molecule has 8 heteroatoms. The fourth-order valence-corrected chi connectivity index (χ4v) is 3.19. The van der Waals surface area contributed by atoms with Crippen molar-refractivity contribution >= 4 is 27.5 Å². The van der Waals surface area contributed by atoms with E-state index < -0.39 is 0 Å². The molecule has 2 aromatic carbocycles. The molecule has 1 aliphatic rings. The quantitative estimate of drug-likeness (QED) is 0.709. The minimum absolute atomic E-state index is 0.144. The van der Waals surface area contributed by atoms with Crippen molar-refractivity contribution in [1.29, 1.82) is 0 Å². The average molecular weight is 415 g/mol. The van der Waals surface area contributed by atoms with Crippen LogP contribution in [0.5, 0.6) is 11.5 Å². The molecule has 0 saturated heterocycles. The monoisotopic (exact) mass is 414 g/mol. The van der Waals surface area contributed by atoms with Crippen molar-refractivity contribution in [1.82, 2.24) is 15.0 Å². The molecule has 0 atom stereocenters. The first-order chi connectivity index (χ1) is 12.7. The van der Waals surface area contributed by atoms with Crippen LogP contribution in [0.2, 0.25) is 0 Å². The number of halogens is 1. The molecule has 2 heterocycles. The molecular formula is C18H15BrN4O3. The minimum Gasteiger partial charge on any atom is -0.486 e. The van der Waals surface area contributed by atoms with Gasteiger partial charge in [-0.15, -0.1) is 5.10 Å². The van der Waals surface area contributed by atoms with Crippen LogP contribution in [-0.2, 0) is 11.2 Å². The van der Waals surface area contributed by atoms with Gasteiger partial charge in [0.15, 0.2) is 11.5 Å². The lowest BCUT2D eigenvalue weighted by Gasteiger charge is -2.20. The molecule has 4 rings (SSSR count). The molecule has 26 heavy (non-hydrogen) atoms. The van der Waals surface area contributed by atoms with Crippen molar-refractivity contribution in [3.8, 4) is 17.2 Å². The molecule has 0 saturated carbocycles. The number of anilines is 1. The van der Waals surface area contributed by atoms with Crippen LogP contribution >= 0.6 is 15.9 Å². The normalized spacial score (nSPS) is 12.7. The number of aromatic nitrogens is 3. The zero-order valence-electron chi connectivity index (χ0n) is 13.7. The largest absolute Gasteiger partial charge is 0.486 e. The Bertz CT molecular complexity index is 944. The van der Waals surface area contributed by atoms with E-state index in [0.717, 1.165) is 15.7 Å². The predicted octanol–water partition coefficient (Wildman–Crippen LogP) is 2.98. The van der Waals surface area contributed by atoms with Gasteiger partial charge < -0.3 is 14.8 Å². The summed E-state index contributed by atoms with van der Waals surface area (Å²) in [5.41, 5.74) is 2.24. The van der Waals surface area contributed by atoms with E-state index in [2.05, 4.69) is 31.6 Å². The van der Waals surface area contributed by atoms with Crippen LogP contribution in [0.15, 0.2) is 53.3 Å². The molecule has 7 nitrogen and oxygen atoms in total. The first-order valence-electron chi connectivity index (χ1n) is 8.04. The lowest BCUT2D eigenvalue weighted by molar-refractivity contribution is -0.115. The summed E-state index contributed by atoms with van der Waals surface area (Å²) in [5, 5.41) is 10.7. The van der Waals surface area contributed by atoms with Gasteiger partial charge in [-0.2, -0.15) is 0 Å². The molecule has 0 radical (unpaired) electrons. The number of nitrogens with one attached hydrogen (secondary N) is 1. The van der Waals surface area contributed by atoms with Crippen LogP contribution in [0, 0.1) is 0 Å². The van der Waals surface area contributed by atoms with E-state index in [0.29, 0.717) is 30.4 Å². The van der Waals surface area contributed by atoms with E-state index in [1.807, 2.05) is 36.4 Å². The summed E-state index contributed by atoms with van der Waals surface area (Å²) in [6, 6.07) is 11.1. The van der Waals surface area contributed by atoms with Gasteiger partial charge in [0, 0.05) is 4.47 Å². The molecule has 0 aliphatic carbocycles. The fraction of sp³-hybridized carbons (Fsp3) is 0.167. The van der Waals surface area contributed by atoms with Gasteiger partial charge in [-0.25, -0.2) is 4.68 Å². The first-order valence-corrected chi connectivity index (χ1v) is 8.83. The third-order valence-corrected chi connectivity index (χ3v) is 4.65. The zero-order chi connectivity index (χ0) is 17.9. The first kappa shape index (κ1) is 16.6.